The molecule has 1 aliphatic heterocycles. The topological polar surface area (TPSA) is 104 Å². The fourth-order valence-corrected chi connectivity index (χ4v) is 3.18. The van der Waals surface area contributed by atoms with Crippen molar-refractivity contribution in [3.05, 3.63) is 41.7 Å². The third-order valence-electron chi connectivity index (χ3n) is 4.98. The highest BCUT2D eigenvalue weighted by Gasteiger charge is 2.28. The summed E-state index contributed by atoms with van der Waals surface area (Å²) in [5.74, 6) is -1.81. The number of likely N-dealkylation sites (N-methyl/N-ethyl adjacent to an activating group) is 1. The van der Waals surface area contributed by atoms with E-state index in [1.165, 1.54) is 11.9 Å². The molecule has 3 rings (SSSR count). The molecule has 8 nitrogen and oxygen atoms in total. The summed E-state index contributed by atoms with van der Waals surface area (Å²) in [6.45, 7) is 2.66. The van der Waals surface area contributed by atoms with Crippen molar-refractivity contribution in [1.82, 2.24) is 15.0 Å². The number of nitrogens with zero attached hydrogens (tertiary/aromatic N) is 3. The maximum Gasteiger partial charge on any atom is 0.306 e. The smallest absolute Gasteiger partial charge is 0.306 e. The summed E-state index contributed by atoms with van der Waals surface area (Å²) in [4.78, 5) is 38.8. The normalized spacial score (nSPS) is 14.7. The van der Waals surface area contributed by atoms with Gasteiger partial charge in [0, 0.05) is 31.8 Å². The molecule has 1 saturated heterocycles. The number of aliphatic carboxylic acids is 1. The lowest BCUT2D eigenvalue weighted by atomic mass is 9.97. The van der Waals surface area contributed by atoms with E-state index in [1.54, 1.807) is 11.0 Å². The van der Waals surface area contributed by atoms with Crippen molar-refractivity contribution in [2.45, 2.75) is 19.8 Å². The monoisotopic (exact) mass is 385 g/mol. The van der Waals surface area contributed by atoms with E-state index < -0.39 is 17.8 Å². The molecular formula is C20H23N3O5. The van der Waals surface area contributed by atoms with Gasteiger partial charge >= 0.3 is 5.97 Å². The first kappa shape index (κ1) is 19.6. The Bertz CT molecular complexity index is 866. The van der Waals surface area contributed by atoms with E-state index in [0.29, 0.717) is 31.6 Å². The molecule has 28 heavy (non-hydrogen) atoms. The molecule has 1 aliphatic rings. The highest BCUT2D eigenvalue weighted by atomic mass is 16.5. The fraction of sp³-hybridized carbons (Fsp3) is 0.400. The van der Waals surface area contributed by atoms with Crippen molar-refractivity contribution < 1.29 is 24.0 Å². The number of aryl methyl sites for hydroxylation is 1. The molecule has 1 aromatic carbocycles. The number of hydrogen-bond donors (Lipinski definition) is 1. The number of hydrogen-bond acceptors (Lipinski definition) is 5. The van der Waals surface area contributed by atoms with E-state index >= 15 is 0 Å². The second-order valence-corrected chi connectivity index (χ2v) is 7.10. The van der Waals surface area contributed by atoms with Gasteiger partial charge in [-0.15, -0.1) is 0 Å². The minimum absolute atomic E-state index is 0.0652. The zero-order chi connectivity index (χ0) is 20.3. The molecule has 0 saturated carbocycles. The maximum absolute atomic E-state index is 12.5. The number of benzene rings is 1. The van der Waals surface area contributed by atoms with Crippen molar-refractivity contribution >= 4 is 17.8 Å². The average Bonchev–Trinajstić information content (AvgIpc) is 3.18. The van der Waals surface area contributed by atoms with Gasteiger partial charge in [0.25, 0.3) is 5.91 Å². The Morgan fingerprint density at radius 2 is 1.86 bits per heavy atom. The minimum atomic E-state index is -0.825. The van der Waals surface area contributed by atoms with Crippen LogP contribution in [0.1, 0.15) is 29.0 Å². The Kier molecular flexibility index (Phi) is 5.77. The van der Waals surface area contributed by atoms with Crippen molar-refractivity contribution in [2.24, 2.45) is 5.92 Å². The predicted molar refractivity (Wildman–Crippen MR) is 101 cm³/mol. The fourth-order valence-electron chi connectivity index (χ4n) is 3.18. The highest BCUT2D eigenvalue weighted by molar-refractivity contribution is 5.94. The largest absolute Gasteiger partial charge is 0.481 e. The number of amides is 2. The molecule has 0 unspecified atom stereocenters. The Hall–Kier alpha value is -3.16. The molecule has 0 atom stereocenters. The van der Waals surface area contributed by atoms with Gasteiger partial charge in [0.1, 0.15) is 5.69 Å². The highest BCUT2D eigenvalue weighted by Crippen LogP contribution is 2.21. The molecule has 148 valence electrons. The third kappa shape index (κ3) is 4.39. The number of carboxylic acids is 1. The van der Waals surface area contributed by atoms with Gasteiger partial charge in [-0.05, 0) is 19.8 Å². The quantitative estimate of drug-likeness (QED) is 0.845. The molecule has 8 heteroatoms. The first-order chi connectivity index (χ1) is 13.3. The molecule has 0 spiro atoms. The van der Waals surface area contributed by atoms with Crippen LogP contribution in [0, 0.1) is 12.8 Å². The van der Waals surface area contributed by atoms with Crippen LogP contribution >= 0.6 is 0 Å². The summed E-state index contributed by atoms with van der Waals surface area (Å²) in [7, 11) is 1.53. The molecule has 1 aromatic heterocycles. The van der Waals surface area contributed by atoms with Crippen molar-refractivity contribution in [3.63, 3.8) is 0 Å². The maximum atomic E-state index is 12.5. The van der Waals surface area contributed by atoms with Crippen molar-refractivity contribution in [3.8, 4) is 11.3 Å². The lowest BCUT2D eigenvalue weighted by molar-refractivity contribution is -0.145. The third-order valence-corrected chi connectivity index (χ3v) is 4.98. The van der Waals surface area contributed by atoms with Gasteiger partial charge in [0.15, 0.2) is 0 Å². The summed E-state index contributed by atoms with van der Waals surface area (Å²) in [6, 6.07) is 9.25. The summed E-state index contributed by atoms with van der Waals surface area (Å²) in [5.41, 5.74) is 2.52. The standard InChI is InChI=1S/C20H23N3O5/c1-13-3-5-14(6-4-13)16-11-17(28-21-16)19(25)22(2)12-18(24)23-9-7-15(8-10-23)20(26)27/h3-6,11,15H,7-10,12H2,1-2H3,(H,26,27). The van der Waals surface area contributed by atoms with E-state index in [4.69, 9.17) is 9.63 Å². The molecular weight excluding hydrogens is 362 g/mol. The first-order valence-corrected chi connectivity index (χ1v) is 9.15. The van der Waals surface area contributed by atoms with E-state index in [1.807, 2.05) is 31.2 Å². The van der Waals surface area contributed by atoms with Crippen LogP contribution in [-0.4, -0.2) is 64.5 Å². The Labute approximate surface area is 162 Å². The van der Waals surface area contributed by atoms with Crippen LogP contribution in [0.5, 0.6) is 0 Å². The number of rotatable bonds is 5. The summed E-state index contributed by atoms with van der Waals surface area (Å²) in [6.07, 6.45) is 0.863. The zero-order valence-corrected chi connectivity index (χ0v) is 15.9. The number of aromatic nitrogens is 1. The molecule has 2 aromatic rings. The van der Waals surface area contributed by atoms with Crippen LogP contribution in [-0.2, 0) is 9.59 Å². The van der Waals surface area contributed by atoms with E-state index in [0.717, 1.165) is 11.1 Å². The zero-order valence-electron chi connectivity index (χ0n) is 15.9. The van der Waals surface area contributed by atoms with Gasteiger partial charge in [0.2, 0.25) is 11.7 Å². The van der Waals surface area contributed by atoms with Crippen molar-refractivity contribution in [1.29, 1.82) is 0 Å². The Morgan fingerprint density at radius 3 is 2.46 bits per heavy atom. The number of carbonyl (C=O) groups excluding carboxylic acids is 2. The van der Waals surface area contributed by atoms with Gasteiger partial charge in [-0.25, -0.2) is 0 Å². The average molecular weight is 385 g/mol. The van der Waals surface area contributed by atoms with Gasteiger partial charge in [-0.3, -0.25) is 14.4 Å². The molecule has 2 heterocycles. The van der Waals surface area contributed by atoms with E-state index in [2.05, 4.69) is 5.16 Å². The molecule has 2 amide bonds. The summed E-state index contributed by atoms with van der Waals surface area (Å²) in [5, 5.41) is 13.0. The summed E-state index contributed by atoms with van der Waals surface area (Å²) < 4.78 is 5.17. The van der Waals surface area contributed by atoms with Crippen molar-refractivity contribution in [2.75, 3.05) is 26.7 Å². The second kappa shape index (κ2) is 8.24. The Morgan fingerprint density at radius 1 is 1.21 bits per heavy atom. The first-order valence-electron chi connectivity index (χ1n) is 9.15. The predicted octanol–water partition coefficient (Wildman–Crippen LogP) is 2.05. The number of carboxylic acid groups (broad SMARTS) is 1. The summed E-state index contributed by atoms with van der Waals surface area (Å²) >= 11 is 0. The van der Waals surface area contributed by atoms with Crippen LogP contribution in [0.4, 0.5) is 0 Å². The van der Waals surface area contributed by atoms with Crippen LogP contribution in [0.15, 0.2) is 34.9 Å². The van der Waals surface area contributed by atoms with Gasteiger partial charge in [0.05, 0.1) is 12.5 Å². The lowest BCUT2D eigenvalue weighted by Crippen LogP contribution is -2.45. The molecule has 1 N–H and O–H groups in total. The molecule has 1 fully saturated rings. The second-order valence-electron chi connectivity index (χ2n) is 7.10. The van der Waals surface area contributed by atoms with Gasteiger partial charge in [-0.1, -0.05) is 35.0 Å². The van der Waals surface area contributed by atoms with Crippen LogP contribution in [0.2, 0.25) is 0 Å². The van der Waals surface area contributed by atoms with Crippen LogP contribution < -0.4 is 0 Å². The Balaban J connectivity index is 1.58. The van der Waals surface area contributed by atoms with Gasteiger partial charge in [-0.2, -0.15) is 0 Å². The SMILES string of the molecule is Cc1ccc(-c2cc(C(=O)N(C)CC(=O)N3CCC(C(=O)O)CC3)on2)cc1. The lowest BCUT2D eigenvalue weighted by Gasteiger charge is -2.31. The van der Waals surface area contributed by atoms with Crippen LogP contribution in [0.3, 0.4) is 0 Å². The number of likely N-dealkylation sites (tertiary alicyclic amines) is 1. The molecule has 0 radical (unpaired) electrons. The number of carbonyl (C=O) groups is 3. The minimum Gasteiger partial charge on any atom is -0.481 e. The molecule has 0 aliphatic carbocycles. The van der Waals surface area contributed by atoms with Crippen LogP contribution in [0.25, 0.3) is 11.3 Å². The molecule has 0 bridgehead atoms. The van der Waals surface area contributed by atoms with E-state index in [9.17, 15) is 14.4 Å². The van der Waals surface area contributed by atoms with Gasteiger partial charge < -0.3 is 19.4 Å². The number of piperidine rings is 1. The van der Waals surface area contributed by atoms with E-state index in [-0.39, 0.29) is 18.2 Å².